The molecule has 0 spiro atoms. The first kappa shape index (κ1) is 22.9. The molecule has 4 aromatic carbocycles. The smallest absolute Gasteiger partial charge is 0.0325 e. The zero-order valence-electron chi connectivity index (χ0n) is 19.0. The molecule has 162 valence electrons. The average Bonchev–Trinajstić information content (AvgIpc) is 2.86. The van der Waals surface area contributed by atoms with Crippen molar-refractivity contribution in [2.45, 2.75) is 26.8 Å². The van der Waals surface area contributed by atoms with Crippen LogP contribution in [0.5, 0.6) is 0 Å². The summed E-state index contributed by atoms with van der Waals surface area (Å²) in [6, 6.07) is 44.8. The molecule has 0 saturated carbocycles. The van der Waals surface area contributed by atoms with E-state index in [0.717, 1.165) is 0 Å². The summed E-state index contributed by atoms with van der Waals surface area (Å²) in [7, 11) is -1.42. The summed E-state index contributed by atoms with van der Waals surface area (Å²) in [5.74, 6) is 0.532. The third-order valence-corrected chi connectivity index (χ3v) is 11.5. The maximum absolute atomic E-state index is 2.85. The SMILES string of the molecule is CC(C)C(C)N(P(c1ccccc1)c1ccccc1)P(c1ccccc1)c1ccccc1. The Kier molecular flexibility index (Phi) is 7.88. The van der Waals surface area contributed by atoms with Crippen LogP contribution in [0.2, 0.25) is 0 Å². The minimum Gasteiger partial charge on any atom is -0.242 e. The molecule has 1 nitrogen and oxygen atoms in total. The van der Waals surface area contributed by atoms with Crippen molar-refractivity contribution in [1.82, 2.24) is 4.44 Å². The minimum atomic E-state index is -0.711. The van der Waals surface area contributed by atoms with Crippen LogP contribution in [0.25, 0.3) is 0 Å². The molecule has 32 heavy (non-hydrogen) atoms. The van der Waals surface area contributed by atoms with Crippen molar-refractivity contribution in [2.24, 2.45) is 5.92 Å². The third kappa shape index (κ3) is 5.19. The van der Waals surface area contributed by atoms with E-state index in [1.165, 1.54) is 21.2 Å². The summed E-state index contributed by atoms with van der Waals surface area (Å²) < 4.78 is 2.85. The van der Waals surface area contributed by atoms with Gasteiger partial charge in [0.05, 0.1) is 0 Å². The van der Waals surface area contributed by atoms with Crippen LogP contribution in [0.4, 0.5) is 0 Å². The van der Waals surface area contributed by atoms with Gasteiger partial charge in [-0.15, -0.1) is 0 Å². The third-order valence-electron chi connectivity index (χ3n) is 5.74. The summed E-state index contributed by atoms with van der Waals surface area (Å²) in [4.78, 5) is 0. The highest BCUT2D eigenvalue weighted by atomic mass is 31.2. The fourth-order valence-electron chi connectivity index (χ4n) is 3.77. The normalized spacial score (nSPS) is 12.6. The second-order valence-electron chi connectivity index (χ2n) is 8.27. The van der Waals surface area contributed by atoms with Crippen LogP contribution in [0.1, 0.15) is 20.8 Å². The monoisotopic (exact) mass is 455 g/mol. The van der Waals surface area contributed by atoms with E-state index in [9.17, 15) is 0 Å². The highest BCUT2D eigenvalue weighted by Crippen LogP contribution is 2.56. The average molecular weight is 456 g/mol. The van der Waals surface area contributed by atoms with Crippen molar-refractivity contribution in [3.63, 3.8) is 0 Å². The van der Waals surface area contributed by atoms with Gasteiger partial charge in [-0.2, -0.15) is 0 Å². The molecular formula is C29H31NP2. The van der Waals surface area contributed by atoms with Crippen molar-refractivity contribution < 1.29 is 0 Å². The fourth-order valence-corrected chi connectivity index (χ4v) is 10.3. The Balaban J connectivity index is 1.96. The lowest BCUT2D eigenvalue weighted by Crippen LogP contribution is -2.39. The van der Waals surface area contributed by atoms with E-state index in [1.54, 1.807) is 0 Å². The van der Waals surface area contributed by atoms with E-state index in [2.05, 4.69) is 147 Å². The molecule has 0 aliphatic rings. The van der Waals surface area contributed by atoms with Crippen LogP contribution in [-0.4, -0.2) is 10.5 Å². The van der Waals surface area contributed by atoms with Gasteiger partial charge >= 0.3 is 0 Å². The Labute approximate surface area is 195 Å². The Morgan fingerprint density at radius 3 is 0.906 bits per heavy atom. The van der Waals surface area contributed by atoms with Crippen LogP contribution in [0, 0.1) is 5.92 Å². The molecule has 1 unspecified atom stereocenters. The molecule has 0 radical (unpaired) electrons. The molecule has 0 N–H and O–H groups in total. The minimum absolute atomic E-state index is 0.410. The van der Waals surface area contributed by atoms with Crippen molar-refractivity contribution in [2.75, 3.05) is 0 Å². The summed E-state index contributed by atoms with van der Waals surface area (Å²) in [5.41, 5.74) is 0. The molecule has 3 heteroatoms. The van der Waals surface area contributed by atoms with E-state index in [1.807, 2.05) is 0 Å². The van der Waals surface area contributed by atoms with Gasteiger partial charge in [0.15, 0.2) is 0 Å². The molecule has 1 atom stereocenters. The first-order valence-corrected chi connectivity index (χ1v) is 13.8. The van der Waals surface area contributed by atoms with Crippen LogP contribution in [0.15, 0.2) is 121 Å². The topological polar surface area (TPSA) is 3.24 Å². The van der Waals surface area contributed by atoms with Gasteiger partial charge in [0.25, 0.3) is 0 Å². The lowest BCUT2D eigenvalue weighted by Gasteiger charge is -2.44. The molecule has 0 heterocycles. The molecule has 0 fully saturated rings. The number of rotatable bonds is 8. The molecule has 0 aliphatic heterocycles. The largest absolute Gasteiger partial charge is 0.242 e. The number of nitrogens with zero attached hydrogens (tertiary/aromatic N) is 1. The first-order chi connectivity index (χ1) is 15.7. The lowest BCUT2D eigenvalue weighted by molar-refractivity contribution is 0.407. The molecule has 0 saturated heterocycles. The van der Waals surface area contributed by atoms with Gasteiger partial charge in [-0.3, -0.25) is 0 Å². The van der Waals surface area contributed by atoms with Gasteiger partial charge in [-0.05, 0) is 34.1 Å². The summed E-state index contributed by atoms with van der Waals surface area (Å²) in [6.07, 6.45) is 0. The van der Waals surface area contributed by atoms with Crippen molar-refractivity contribution in [3.05, 3.63) is 121 Å². The lowest BCUT2D eigenvalue weighted by atomic mass is 10.1. The highest BCUT2D eigenvalue weighted by molar-refractivity contribution is 7.84. The first-order valence-electron chi connectivity index (χ1n) is 11.3. The number of benzene rings is 4. The molecule has 0 aliphatic carbocycles. The molecule has 0 aromatic heterocycles. The van der Waals surface area contributed by atoms with Gasteiger partial charge < -0.3 is 0 Å². The van der Waals surface area contributed by atoms with E-state index in [0.29, 0.717) is 12.0 Å². The van der Waals surface area contributed by atoms with E-state index in [-0.39, 0.29) is 0 Å². The zero-order chi connectivity index (χ0) is 22.3. The summed E-state index contributed by atoms with van der Waals surface area (Å²) in [5, 5.41) is 5.61. The maximum atomic E-state index is 2.85. The van der Waals surface area contributed by atoms with E-state index in [4.69, 9.17) is 0 Å². The van der Waals surface area contributed by atoms with Crippen LogP contribution in [-0.2, 0) is 0 Å². The quantitative estimate of drug-likeness (QED) is 0.277. The molecule has 0 amide bonds. The van der Waals surface area contributed by atoms with Gasteiger partial charge in [-0.25, -0.2) is 4.44 Å². The standard InChI is InChI=1S/C29H31NP2/c1-24(2)25(3)30(31(26-16-8-4-9-17-26)27-18-10-5-11-19-27)32(28-20-12-6-13-21-28)29-22-14-7-15-23-29/h4-25H,1-3H3. The second kappa shape index (κ2) is 11.0. The zero-order valence-corrected chi connectivity index (χ0v) is 20.8. The fraction of sp³-hybridized carbons (Fsp3) is 0.172. The second-order valence-corrected chi connectivity index (χ2v) is 12.8. The maximum Gasteiger partial charge on any atom is 0.0325 e. The van der Waals surface area contributed by atoms with Crippen LogP contribution in [0.3, 0.4) is 0 Å². The summed E-state index contributed by atoms with van der Waals surface area (Å²) in [6.45, 7) is 7.11. The molecule has 4 aromatic rings. The van der Waals surface area contributed by atoms with E-state index < -0.39 is 16.1 Å². The van der Waals surface area contributed by atoms with Crippen molar-refractivity contribution in [3.8, 4) is 0 Å². The number of hydrogen-bond acceptors (Lipinski definition) is 1. The Bertz CT molecular complexity index is 907. The van der Waals surface area contributed by atoms with Gasteiger partial charge in [0, 0.05) is 22.2 Å². The Hall–Kier alpha value is -2.30. The number of hydrogen-bond donors (Lipinski definition) is 0. The molecule has 4 rings (SSSR count). The predicted molar refractivity (Wildman–Crippen MR) is 144 cm³/mol. The molecule has 0 bridgehead atoms. The van der Waals surface area contributed by atoms with Gasteiger partial charge in [0.2, 0.25) is 0 Å². The van der Waals surface area contributed by atoms with Crippen molar-refractivity contribution in [1.29, 1.82) is 0 Å². The summed E-state index contributed by atoms with van der Waals surface area (Å²) >= 11 is 0. The van der Waals surface area contributed by atoms with Crippen LogP contribution >= 0.6 is 16.1 Å². The predicted octanol–water partition coefficient (Wildman–Crippen LogP) is 6.43. The Morgan fingerprint density at radius 1 is 0.438 bits per heavy atom. The van der Waals surface area contributed by atoms with Crippen LogP contribution < -0.4 is 21.2 Å². The van der Waals surface area contributed by atoms with E-state index >= 15 is 0 Å². The van der Waals surface area contributed by atoms with Gasteiger partial charge in [0.1, 0.15) is 0 Å². The van der Waals surface area contributed by atoms with Crippen molar-refractivity contribution >= 4 is 37.4 Å². The Morgan fingerprint density at radius 2 is 0.688 bits per heavy atom. The highest BCUT2D eigenvalue weighted by Gasteiger charge is 2.35. The molecular weight excluding hydrogens is 424 g/mol. The van der Waals surface area contributed by atoms with Gasteiger partial charge in [-0.1, -0.05) is 135 Å².